The molecule has 0 saturated carbocycles. The number of hydrogen-bond donors (Lipinski definition) is 1. The van der Waals surface area contributed by atoms with Crippen molar-refractivity contribution in [1.82, 2.24) is 9.97 Å². The van der Waals surface area contributed by atoms with Crippen LogP contribution in [-0.2, 0) is 12.6 Å². The van der Waals surface area contributed by atoms with Crippen LogP contribution in [0.5, 0.6) is 0 Å². The van der Waals surface area contributed by atoms with Crippen LogP contribution in [0.4, 0.5) is 13.2 Å². The molecule has 20 heavy (non-hydrogen) atoms. The standard InChI is InChI=1S/C12H9F3N2O2S/c1-2-6-4-3-5-16-7(6)10-17-9(12(13,14)15)8(20-10)11(18)19/h3-5H,2H2,1H3,(H,18,19). The van der Waals surface area contributed by atoms with Crippen LogP contribution in [-0.4, -0.2) is 21.0 Å². The number of hydrogen-bond acceptors (Lipinski definition) is 4. The van der Waals surface area contributed by atoms with Crippen LogP contribution in [0, 0.1) is 0 Å². The molecule has 0 spiro atoms. The molecule has 2 aromatic rings. The van der Waals surface area contributed by atoms with Crippen molar-refractivity contribution in [1.29, 1.82) is 0 Å². The van der Waals surface area contributed by atoms with Gasteiger partial charge in [0.15, 0.2) is 5.69 Å². The van der Waals surface area contributed by atoms with Gasteiger partial charge in [-0.15, -0.1) is 11.3 Å². The first kappa shape index (κ1) is 14.4. The van der Waals surface area contributed by atoms with Gasteiger partial charge in [-0.25, -0.2) is 9.78 Å². The summed E-state index contributed by atoms with van der Waals surface area (Å²) in [6, 6.07) is 3.39. The van der Waals surface area contributed by atoms with E-state index in [1.54, 1.807) is 12.1 Å². The molecule has 0 aliphatic rings. The Morgan fingerprint density at radius 3 is 2.65 bits per heavy atom. The van der Waals surface area contributed by atoms with Crippen molar-refractivity contribution in [2.75, 3.05) is 0 Å². The van der Waals surface area contributed by atoms with Crippen molar-refractivity contribution in [2.24, 2.45) is 0 Å². The number of nitrogens with zero attached hydrogens (tertiary/aromatic N) is 2. The molecule has 0 atom stereocenters. The number of aromatic nitrogens is 2. The maximum atomic E-state index is 12.8. The van der Waals surface area contributed by atoms with Gasteiger partial charge in [-0.05, 0) is 18.1 Å². The number of aryl methyl sites for hydroxylation is 1. The monoisotopic (exact) mass is 302 g/mol. The van der Waals surface area contributed by atoms with Crippen molar-refractivity contribution in [2.45, 2.75) is 19.5 Å². The highest BCUT2D eigenvalue weighted by molar-refractivity contribution is 7.17. The maximum absolute atomic E-state index is 12.8. The molecule has 2 aromatic heterocycles. The molecule has 0 amide bonds. The van der Waals surface area contributed by atoms with Crippen LogP contribution < -0.4 is 0 Å². The van der Waals surface area contributed by atoms with Gasteiger partial charge in [0, 0.05) is 6.20 Å². The van der Waals surface area contributed by atoms with Crippen LogP contribution >= 0.6 is 11.3 Å². The Kier molecular flexibility index (Phi) is 3.76. The second-order valence-electron chi connectivity index (χ2n) is 3.86. The van der Waals surface area contributed by atoms with Gasteiger partial charge >= 0.3 is 12.1 Å². The first-order chi connectivity index (χ1) is 9.34. The average molecular weight is 302 g/mol. The van der Waals surface area contributed by atoms with Crippen LogP contribution in [0.25, 0.3) is 10.7 Å². The Balaban J connectivity index is 2.62. The van der Waals surface area contributed by atoms with E-state index < -0.39 is 22.7 Å². The van der Waals surface area contributed by atoms with E-state index in [0.29, 0.717) is 23.3 Å². The summed E-state index contributed by atoms with van der Waals surface area (Å²) >= 11 is 0.484. The molecule has 2 heterocycles. The molecular weight excluding hydrogens is 293 g/mol. The minimum absolute atomic E-state index is 0.0350. The number of pyridine rings is 1. The van der Waals surface area contributed by atoms with Gasteiger partial charge in [0.1, 0.15) is 15.6 Å². The highest BCUT2D eigenvalue weighted by Crippen LogP contribution is 2.37. The summed E-state index contributed by atoms with van der Waals surface area (Å²) in [4.78, 5) is 17.5. The average Bonchev–Trinajstić information content (AvgIpc) is 2.83. The molecular formula is C12H9F3N2O2S. The topological polar surface area (TPSA) is 63.1 Å². The van der Waals surface area contributed by atoms with Crippen molar-refractivity contribution < 1.29 is 23.1 Å². The van der Waals surface area contributed by atoms with Crippen LogP contribution in [0.2, 0.25) is 0 Å². The summed E-state index contributed by atoms with van der Waals surface area (Å²) < 4.78 is 38.3. The summed E-state index contributed by atoms with van der Waals surface area (Å²) in [6.45, 7) is 1.83. The van der Waals surface area contributed by atoms with Crippen molar-refractivity contribution >= 4 is 17.3 Å². The number of thiazole rings is 1. The smallest absolute Gasteiger partial charge is 0.435 e. The first-order valence-corrected chi connectivity index (χ1v) is 6.41. The summed E-state index contributed by atoms with van der Waals surface area (Å²) in [5.74, 6) is -1.64. The molecule has 1 N–H and O–H groups in total. The number of carboxylic acids is 1. The van der Waals surface area contributed by atoms with E-state index in [1.807, 2.05) is 6.92 Å². The third-order valence-corrected chi connectivity index (χ3v) is 3.61. The van der Waals surface area contributed by atoms with E-state index in [0.717, 1.165) is 0 Å². The lowest BCUT2D eigenvalue weighted by Gasteiger charge is -2.03. The van der Waals surface area contributed by atoms with E-state index in [1.165, 1.54) is 6.20 Å². The first-order valence-electron chi connectivity index (χ1n) is 5.60. The maximum Gasteiger partial charge on any atom is 0.435 e. The number of rotatable bonds is 3. The molecule has 0 saturated heterocycles. The van der Waals surface area contributed by atoms with Crippen LogP contribution in [0.15, 0.2) is 18.3 Å². The van der Waals surface area contributed by atoms with E-state index in [-0.39, 0.29) is 10.7 Å². The van der Waals surface area contributed by atoms with E-state index in [9.17, 15) is 18.0 Å². The highest BCUT2D eigenvalue weighted by Gasteiger charge is 2.40. The molecule has 0 aromatic carbocycles. The number of carboxylic acid groups (broad SMARTS) is 1. The predicted molar refractivity (Wildman–Crippen MR) is 66.7 cm³/mol. The lowest BCUT2D eigenvalue weighted by Crippen LogP contribution is -2.11. The zero-order chi connectivity index (χ0) is 14.9. The van der Waals surface area contributed by atoms with E-state index in [4.69, 9.17) is 5.11 Å². The van der Waals surface area contributed by atoms with Gasteiger partial charge in [-0.1, -0.05) is 13.0 Å². The molecule has 0 bridgehead atoms. The van der Waals surface area contributed by atoms with Gasteiger partial charge in [-0.2, -0.15) is 13.2 Å². The Hall–Kier alpha value is -1.96. The molecule has 0 aliphatic heterocycles. The molecule has 0 fully saturated rings. The second-order valence-corrected chi connectivity index (χ2v) is 4.86. The van der Waals surface area contributed by atoms with Gasteiger partial charge in [0.05, 0.1) is 0 Å². The third-order valence-electron chi connectivity index (χ3n) is 2.56. The Labute approximate surface area is 115 Å². The zero-order valence-corrected chi connectivity index (χ0v) is 11.0. The Morgan fingerprint density at radius 1 is 1.45 bits per heavy atom. The number of aromatic carboxylic acids is 1. The summed E-state index contributed by atoms with van der Waals surface area (Å²) in [5.41, 5.74) is -0.373. The molecule has 4 nitrogen and oxygen atoms in total. The third kappa shape index (κ3) is 2.64. The summed E-state index contributed by atoms with van der Waals surface area (Å²) in [5, 5.41) is 8.83. The Morgan fingerprint density at radius 2 is 2.15 bits per heavy atom. The molecule has 0 radical (unpaired) electrons. The van der Waals surface area contributed by atoms with E-state index >= 15 is 0 Å². The normalized spacial score (nSPS) is 11.6. The zero-order valence-electron chi connectivity index (χ0n) is 10.2. The minimum Gasteiger partial charge on any atom is -0.477 e. The fourth-order valence-electron chi connectivity index (χ4n) is 1.67. The van der Waals surface area contributed by atoms with Crippen molar-refractivity contribution in [3.8, 4) is 10.7 Å². The molecule has 2 rings (SSSR count). The summed E-state index contributed by atoms with van der Waals surface area (Å²) in [6.07, 6.45) is -2.81. The van der Waals surface area contributed by atoms with Crippen LogP contribution in [0.3, 0.4) is 0 Å². The van der Waals surface area contributed by atoms with Crippen molar-refractivity contribution in [3.05, 3.63) is 34.5 Å². The molecule has 0 aliphatic carbocycles. The summed E-state index contributed by atoms with van der Waals surface area (Å²) in [7, 11) is 0. The predicted octanol–water partition coefficient (Wildman–Crippen LogP) is 3.48. The highest BCUT2D eigenvalue weighted by atomic mass is 32.1. The molecule has 0 unspecified atom stereocenters. The fraction of sp³-hybridized carbons (Fsp3) is 0.250. The van der Waals surface area contributed by atoms with E-state index in [2.05, 4.69) is 9.97 Å². The van der Waals surface area contributed by atoms with Gasteiger partial charge in [-0.3, -0.25) is 4.98 Å². The quantitative estimate of drug-likeness (QED) is 0.942. The largest absolute Gasteiger partial charge is 0.477 e. The lowest BCUT2D eigenvalue weighted by molar-refractivity contribution is -0.141. The fourth-order valence-corrected chi connectivity index (χ4v) is 2.63. The number of alkyl halides is 3. The number of carbonyl (C=O) groups is 1. The molecule has 106 valence electrons. The number of halogens is 3. The second kappa shape index (κ2) is 5.20. The van der Waals surface area contributed by atoms with Gasteiger partial charge < -0.3 is 5.11 Å². The van der Waals surface area contributed by atoms with Crippen LogP contribution in [0.1, 0.15) is 27.9 Å². The Bertz CT molecular complexity index is 652. The SMILES string of the molecule is CCc1cccnc1-c1nc(C(F)(F)F)c(C(=O)O)s1. The minimum atomic E-state index is -4.80. The molecule has 8 heteroatoms. The van der Waals surface area contributed by atoms with Gasteiger partial charge in [0.25, 0.3) is 0 Å². The van der Waals surface area contributed by atoms with Gasteiger partial charge in [0.2, 0.25) is 0 Å². The van der Waals surface area contributed by atoms with Crippen molar-refractivity contribution in [3.63, 3.8) is 0 Å². The lowest BCUT2D eigenvalue weighted by atomic mass is 10.1.